The van der Waals surface area contributed by atoms with Crippen LogP contribution in [0.15, 0.2) is 12.1 Å². The molecule has 0 radical (unpaired) electrons. The fraction of sp³-hybridized carbons (Fsp3) is 0.125. The maximum absolute atomic E-state index is 12.9. The average Bonchev–Trinajstić information content (AvgIpc) is 2.10. The summed E-state index contributed by atoms with van der Waals surface area (Å²) in [4.78, 5) is 10.6. The zero-order valence-corrected chi connectivity index (χ0v) is 7.11. The minimum absolute atomic E-state index is 0.453. The van der Waals surface area contributed by atoms with Crippen LogP contribution in [-0.4, -0.2) is 13.2 Å². The molecule has 0 saturated carbocycles. The van der Waals surface area contributed by atoms with Crippen molar-refractivity contribution in [1.29, 1.82) is 0 Å². The van der Waals surface area contributed by atoms with Gasteiger partial charge in [0.2, 0.25) is 0 Å². The first-order valence-corrected chi connectivity index (χ1v) is 3.54. The molecule has 0 aliphatic rings. The molecule has 14 heavy (non-hydrogen) atoms. The van der Waals surface area contributed by atoms with Gasteiger partial charge in [0.15, 0.2) is 11.6 Å². The van der Waals surface area contributed by atoms with E-state index in [1.165, 1.54) is 0 Å². The van der Waals surface area contributed by atoms with E-state index in [1.54, 1.807) is 5.32 Å². The number of rotatable bonds is 1. The lowest BCUT2D eigenvalue weighted by atomic mass is 10.3. The Morgan fingerprint density at radius 3 is 2.21 bits per heavy atom. The number of carbonyl (C=O) groups is 1. The molecule has 1 aromatic rings. The summed E-state index contributed by atoms with van der Waals surface area (Å²) in [6.07, 6.45) is -1.03. The van der Waals surface area contributed by atoms with E-state index in [1.807, 2.05) is 0 Å². The molecule has 0 spiro atoms. The molecular formula is C8H6F3NO2. The molecule has 1 aromatic carbocycles. The van der Waals surface area contributed by atoms with Gasteiger partial charge in [-0.05, 0) is 0 Å². The topological polar surface area (TPSA) is 38.3 Å². The number of hydrogen-bond donors (Lipinski definition) is 1. The molecule has 0 saturated heterocycles. The number of amides is 1. The Morgan fingerprint density at radius 1 is 1.29 bits per heavy atom. The van der Waals surface area contributed by atoms with Gasteiger partial charge in [-0.15, -0.1) is 0 Å². The highest BCUT2D eigenvalue weighted by molar-refractivity contribution is 5.84. The fourth-order valence-electron chi connectivity index (χ4n) is 0.815. The molecule has 6 heteroatoms. The smallest absolute Gasteiger partial charge is 0.411 e. The van der Waals surface area contributed by atoms with Crippen molar-refractivity contribution in [2.24, 2.45) is 0 Å². The van der Waals surface area contributed by atoms with E-state index >= 15 is 0 Å². The van der Waals surface area contributed by atoms with Gasteiger partial charge in [-0.25, -0.2) is 18.0 Å². The van der Waals surface area contributed by atoms with E-state index in [-0.39, 0.29) is 0 Å². The highest BCUT2D eigenvalue weighted by Gasteiger charge is 2.13. The molecule has 0 unspecified atom stereocenters. The summed E-state index contributed by atoms with van der Waals surface area (Å²) in [5, 5.41) is 1.78. The van der Waals surface area contributed by atoms with Gasteiger partial charge < -0.3 is 4.74 Å². The van der Waals surface area contributed by atoms with E-state index in [2.05, 4.69) is 4.74 Å². The van der Waals surface area contributed by atoms with Gasteiger partial charge in [-0.1, -0.05) is 0 Å². The molecule has 1 N–H and O–H groups in total. The minimum atomic E-state index is -1.20. The predicted molar refractivity (Wildman–Crippen MR) is 42.3 cm³/mol. The summed E-state index contributed by atoms with van der Waals surface area (Å²) in [7, 11) is 1.04. The van der Waals surface area contributed by atoms with Crippen LogP contribution in [0.4, 0.5) is 23.7 Å². The lowest BCUT2D eigenvalue weighted by Crippen LogP contribution is -2.13. The van der Waals surface area contributed by atoms with Crippen molar-refractivity contribution in [3.63, 3.8) is 0 Å². The van der Waals surface area contributed by atoms with E-state index in [4.69, 9.17) is 0 Å². The Hall–Kier alpha value is -1.72. The summed E-state index contributed by atoms with van der Waals surface area (Å²) >= 11 is 0. The molecule has 1 rings (SSSR count). The van der Waals surface area contributed by atoms with E-state index < -0.39 is 29.2 Å². The number of anilines is 1. The van der Waals surface area contributed by atoms with Gasteiger partial charge in [0.05, 0.1) is 7.11 Å². The Labute approximate surface area is 77.5 Å². The number of halogens is 3. The van der Waals surface area contributed by atoms with Crippen LogP contribution in [0, 0.1) is 17.5 Å². The molecule has 0 atom stereocenters. The predicted octanol–water partition coefficient (Wildman–Crippen LogP) is 2.28. The van der Waals surface area contributed by atoms with Crippen molar-refractivity contribution in [1.82, 2.24) is 0 Å². The third-order valence-corrected chi connectivity index (χ3v) is 1.42. The van der Waals surface area contributed by atoms with Crippen molar-refractivity contribution in [2.75, 3.05) is 12.4 Å². The average molecular weight is 205 g/mol. The van der Waals surface area contributed by atoms with Crippen LogP contribution in [0.25, 0.3) is 0 Å². The lowest BCUT2D eigenvalue weighted by molar-refractivity contribution is 0.186. The standard InChI is InChI=1S/C8H6F3NO2/c1-14-8(13)12-7-5(10)2-4(9)3-6(7)11/h2-3H,1H3,(H,12,13). The second-order valence-electron chi connectivity index (χ2n) is 2.36. The van der Waals surface area contributed by atoms with Gasteiger partial charge in [-0.3, -0.25) is 5.32 Å². The number of benzene rings is 1. The van der Waals surface area contributed by atoms with E-state index in [9.17, 15) is 18.0 Å². The van der Waals surface area contributed by atoms with Crippen LogP contribution in [0.3, 0.4) is 0 Å². The number of carbonyl (C=O) groups excluding carboxylic acids is 1. The Kier molecular flexibility index (Phi) is 2.95. The second kappa shape index (κ2) is 3.99. The second-order valence-corrected chi connectivity index (χ2v) is 2.36. The molecule has 0 aliphatic carbocycles. The summed E-state index contributed by atoms with van der Waals surface area (Å²) < 4.78 is 42.2. The van der Waals surface area contributed by atoms with Gasteiger partial charge in [0.1, 0.15) is 11.5 Å². The van der Waals surface area contributed by atoms with Crippen LogP contribution in [0.5, 0.6) is 0 Å². The van der Waals surface area contributed by atoms with Crippen molar-refractivity contribution >= 4 is 11.8 Å². The van der Waals surface area contributed by atoms with Gasteiger partial charge >= 0.3 is 6.09 Å². The van der Waals surface area contributed by atoms with Gasteiger partial charge in [-0.2, -0.15) is 0 Å². The number of methoxy groups -OCH3 is 1. The van der Waals surface area contributed by atoms with Crippen LogP contribution < -0.4 is 5.32 Å². The Bertz CT molecular complexity index is 345. The van der Waals surface area contributed by atoms with Crippen LogP contribution in [0.1, 0.15) is 0 Å². The van der Waals surface area contributed by atoms with Crippen molar-refractivity contribution < 1.29 is 22.7 Å². The summed E-state index contributed by atoms with van der Waals surface area (Å²) in [6, 6.07) is 0.905. The van der Waals surface area contributed by atoms with Gasteiger partial charge in [0, 0.05) is 12.1 Å². The number of hydrogen-bond acceptors (Lipinski definition) is 2. The summed E-state index contributed by atoms with van der Waals surface area (Å²) in [5.74, 6) is -3.46. The minimum Gasteiger partial charge on any atom is -0.453 e. The fourth-order valence-corrected chi connectivity index (χ4v) is 0.815. The molecular weight excluding hydrogens is 199 g/mol. The maximum atomic E-state index is 12.9. The van der Waals surface area contributed by atoms with Gasteiger partial charge in [0.25, 0.3) is 0 Å². The van der Waals surface area contributed by atoms with E-state index in [0.717, 1.165) is 7.11 Å². The van der Waals surface area contributed by atoms with Crippen LogP contribution in [-0.2, 0) is 4.74 Å². The molecule has 3 nitrogen and oxygen atoms in total. The molecule has 0 heterocycles. The maximum Gasteiger partial charge on any atom is 0.411 e. The van der Waals surface area contributed by atoms with E-state index in [0.29, 0.717) is 12.1 Å². The first-order valence-electron chi connectivity index (χ1n) is 3.54. The molecule has 1 amide bonds. The zero-order chi connectivity index (χ0) is 10.7. The number of ether oxygens (including phenoxy) is 1. The third kappa shape index (κ3) is 2.15. The highest BCUT2D eigenvalue weighted by atomic mass is 19.1. The largest absolute Gasteiger partial charge is 0.453 e. The van der Waals surface area contributed by atoms with Crippen molar-refractivity contribution in [2.45, 2.75) is 0 Å². The van der Waals surface area contributed by atoms with Crippen molar-refractivity contribution in [3.8, 4) is 0 Å². The molecule has 0 aliphatic heterocycles. The third-order valence-electron chi connectivity index (χ3n) is 1.42. The first-order chi connectivity index (χ1) is 6.54. The van der Waals surface area contributed by atoms with Crippen LogP contribution in [0.2, 0.25) is 0 Å². The quantitative estimate of drug-likeness (QED) is 0.763. The Morgan fingerprint density at radius 2 is 1.79 bits per heavy atom. The zero-order valence-electron chi connectivity index (χ0n) is 7.11. The normalized spacial score (nSPS) is 9.71. The molecule has 0 aromatic heterocycles. The molecule has 0 fully saturated rings. The highest BCUT2D eigenvalue weighted by Crippen LogP contribution is 2.19. The SMILES string of the molecule is COC(=O)Nc1c(F)cc(F)cc1F. The first kappa shape index (κ1) is 10.4. The van der Waals surface area contributed by atoms with Crippen LogP contribution >= 0.6 is 0 Å². The Balaban J connectivity index is 3.02. The molecule has 0 bridgehead atoms. The monoisotopic (exact) mass is 205 g/mol. The molecule has 76 valence electrons. The summed E-state index contributed by atoms with van der Waals surface area (Å²) in [5.41, 5.74) is -0.738. The van der Waals surface area contributed by atoms with Crippen molar-refractivity contribution in [3.05, 3.63) is 29.6 Å². The number of nitrogens with one attached hydrogen (secondary N) is 1. The lowest BCUT2D eigenvalue weighted by Gasteiger charge is -2.05. The summed E-state index contributed by atoms with van der Waals surface area (Å²) in [6.45, 7) is 0.